The summed E-state index contributed by atoms with van der Waals surface area (Å²) in [5, 5.41) is 6.91. The molecule has 27 heavy (non-hydrogen) atoms. The summed E-state index contributed by atoms with van der Waals surface area (Å²) >= 11 is 0. The smallest absolute Gasteiger partial charge is 0.191 e. The standard InChI is InChI=1S/C21H31N5O/c1-22-21(23-14-17-9-12-25(2)16-17)24-15-20(26-10-4-5-11-26)18-7-6-8-19(13-18)27-3/h6-9,12-13,16,20H,4-5,10-11,14-15H2,1-3H3,(H2,22,23,24). The molecular formula is C21H31N5O. The molecule has 146 valence electrons. The van der Waals surface area contributed by atoms with Crippen LogP contribution in [0, 0.1) is 0 Å². The van der Waals surface area contributed by atoms with Crippen molar-refractivity contribution < 1.29 is 4.74 Å². The number of likely N-dealkylation sites (tertiary alicyclic amines) is 1. The van der Waals surface area contributed by atoms with Crippen LogP contribution in [0.15, 0.2) is 47.7 Å². The van der Waals surface area contributed by atoms with Gasteiger partial charge in [-0.1, -0.05) is 12.1 Å². The highest BCUT2D eigenvalue weighted by Gasteiger charge is 2.24. The Morgan fingerprint density at radius 2 is 2.04 bits per heavy atom. The van der Waals surface area contributed by atoms with Crippen molar-refractivity contribution in [2.75, 3.05) is 33.8 Å². The van der Waals surface area contributed by atoms with Crippen molar-refractivity contribution in [2.24, 2.45) is 12.0 Å². The predicted octanol–water partition coefficient (Wildman–Crippen LogP) is 2.54. The molecule has 1 unspecified atom stereocenters. The summed E-state index contributed by atoms with van der Waals surface area (Å²) in [7, 11) is 5.57. The lowest BCUT2D eigenvalue weighted by Crippen LogP contribution is -2.42. The first-order chi connectivity index (χ1) is 13.2. The first kappa shape index (κ1) is 19.3. The lowest BCUT2D eigenvalue weighted by molar-refractivity contribution is 0.245. The van der Waals surface area contributed by atoms with Gasteiger partial charge >= 0.3 is 0 Å². The number of hydrogen-bond donors (Lipinski definition) is 2. The van der Waals surface area contributed by atoms with Gasteiger partial charge in [-0.15, -0.1) is 0 Å². The molecular weight excluding hydrogens is 338 g/mol. The number of guanidine groups is 1. The molecule has 1 aliphatic heterocycles. The van der Waals surface area contributed by atoms with Crippen molar-refractivity contribution in [1.82, 2.24) is 20.1 Å². The fourth-order valence-electron chi connectivity index (χ4n) is 3.63. The third kappa shape index (κ3) is 5.26. The van der Waals surface area contributed by atoms with E-state index < -0.39 is 0 Å². The Bertz CT molecular complexity index is 749. The number of nitrogens with zero attached hydrogens (tertiary/aromatic N) is 3. The molecule has 2 heterocycles. The molecule has 1 fully saturated rings. The SMILES string of the molecule is CN=C(NCc1ccn(C)c1)NCC(c1cccc(OC)c1)N1CCCC1. The molecule has 2 aromatic rings. The van der Waals surface area contributed by atoms with E-state index in [2.05, 4.69) is 61.8 Å². The average molecular weight is 370 g/mol. The van der Waals surface area contributed by atoms with Crippen LogP contribution in [0.3, 0.4) is 0 Å². The van der Waals surface area contributed by atoms with Crippen LogP contribution in [0.25, 0.3) is 0 Å². The van der Waals surface area contributed by atoms with Crippen LogP contribution in [0.5, 0.6) is 5.75 Å². The molecule has 0 saturated carbocycles. The third-order valence-electron chi connectivity index (χ3n) is 5.10. The molecule has 0 spiro atoms. The number of nitrogens with one attached hydrogen (secondary N) is 2. The summed E-state index contributed by atoms with van der Waals surface area (Å²) in [6.07, 6.45) is 6.70. The maximum Gasteiger partial charge on any atom is 0.191 e. The minimum atomic E-state index is 0.304. The van der Waals surface area contributed by atoms with Gasteiger partial charge in [-0.2, -0.15) is 0 Å². The minimum absolute atomic E-state index is 0.304. The van der Waals surface area contributed by atoms with Gasteiger partial charge < -0.3 is 19.9 Å². The monoisotopic (exact) mass is 369 g/mol. The molecule has 6 heteroatoms. The van der Waals surface area contributed by atoms with Gasteiger partial charge in [0.2, 0.25) is 0 Å². The second kappa shape index (κ2) is 9.46. The van der Waals surface area contributed by atoms with E-state index in [0.717, 1.165) is 37.9 Å². The van der Waals surface area contributed by atoms with E-state index >= 15 is 0 Å². The Hall–Kier alpha value is -2.47. The fourth-order valence-corrected chi connectivity index (χ4v) is 3.63. The van der Waals surface area contributed by atoms with Crippen molar-refractivity contribution in [3.05, 3.63) is 53.9 Å². The van der Waals surface area contributed by atoms with Gasteiger partial charge in [0.15, 0.2) is 5.96 Å². The lowest BCUT2D eigenvalue weighted by Gasteiger charge is -2.29. The molecule has 1 aliphatic rings. The molecule has 0 aliphatic carbocycles. The molecule has 0 radical (unpaired) electrons. The Kier molecular flexibility index (Phi) is 6.76. The van der Waals surface area contributed by atoms with Gasteiger partial charge in [-0.05, 0) is 55.3 Å². The Labute approximate surface area is 162 Å². The highest BCUT2D eigenvalue weighted by atomic mass is 16.5. The number of rotatable bonds is 7. The van der Waals surface area contributed by atoms with Crippen molar-refractivity contribution in [2.45, 2.75) is 25.4 Å². The Morgan fingerprint density at radius 1 is 1.22 bits per heavy atom. The topological polar surface area (TPSA) is 53.8 Å². The maximum atomic E-state index is 5.43. The number of methoxy groups -OCH3 is 1. The fraction of sp³-hybridized carbons (Fsp3) is 0.476. The molecule has 1 atom stereocenters. The van der Waals surface area contributed by atoms with Crippen molar-refractivity contribution in [3.8, 4) is 5.75 Å². The van der Waals surface area contributed by atoms with Crippen LogP contribution >= 0.6 is 0 Å². The van der Waals surface area contributed by atoms with Crippen LogP contribution in [0.4, 0.5) is 0 Å². The molecule has 6 nitrogen and oxygen atoms in total. The molecule has 1 aromatic carbocycles. The quantitative estimate of drug-likeness (QED) is 0.582. The van der Waals surface area contributed by atoms with Gasteiger partial charge in [-0.3, -0.25) is 9.89 Å². The average Bonchev–Trinajstić information content (AvgIpc) is 3.36. The van der Waals surface area contributed by atoms with Crippen molar-refractivity contribution in [1.29, 1.82) is 0 Å². The second-order valence-electron chi connectivity index (χ2n) is 7.03. The van der Waals surface area contributed by atoms with Crippen LogP contribution in [0.2, 0.25) is 0 Å². The van der Waals surface area contributed by atoms with Gasteiger partial charge in [0, 0.05) is 39.6 Å². The predicted molar refractivity (Wildman–Crippen MR) is 110 cm³/mol. The minimum Gasteiger partial charge on any atom is -0.497 e. The zero-order valence-corrected chi connectivity index (χ0v) is 16.6. The molecule has 0 amide bonds. The first-order valence-electron chi connectivity index (χ1n) is 9.63. The number of aromatic nitrogens is 1. The maximum absolute atomic E-state index is 5.43. The summed E-state index contributed by atoms with van der Waals surface area (Å²) in [6.45, 7) is 3.84. The number of benzene rings is 1. The van der Waals surface area contributed by atoms with Gasteiger partial charge in [0.05, 0.1) is 13.2 Å². The largest absolute Gasteiger partial charge is 0.497 e. The van der Waals surface area contributed by atoms with E-state index in [1.165, 1.54) is 24.0 Å². The van der Waals surface area contributed by atoms with Gasteiger partial charge in [-0.25, -0.2) is 0 Å². The van der Waals surface area contributed by atoms with E-state index in [-0.39, 0.29) is 0 Å². The number of hydrogen-bond acceptors (Lipinski definition) is 3. The molecule has 2 N–H and O–H groups in total. The van der Waals surface area contributed by atoms with E-state index in [9.17, 15) is 0 Å². The molecule has 0 bridgehead atoms. The van der Waals surface area contributed by atoms with Crippen LogP contribution < -0.4 is 15.4 Å². The number of aliphatic imine (C=N–C) groups is 1. The summed E-state index contributed by atoms with van der Waals surface area (Å²) in [5.74, 6) is 1.73. The van der Waals surface area contributed by atoms with Crippen LogP contribution in [-0.2, 0) is 13.6 Å². The van der Waals surface area contributed by atoms with Gasteiger partial charge in [0.25, 0.3) is 0 Å². The highest BCUT2D eigenvalue weighted by Crippen LogP contribution is 2.27. The number of ether oxygens (including phenoxy) is 1. The molecule has 3 rings (SSSR count). The first-order valence-corrected chi connectivity index (χ1v) is 9.63. The Balaban J connectivity index is 1.64. The molecule has 1 saturated heterocycles. The summed E-state index contributed by atoms with van der Waals surface area (Å²) in [4.78, 5) is 6.93. The summed E-state index contributed by atoms with van der Waals surface area (Å²) in [5.41, 5.74) is 2.52. The normalized spacial score (nSPS) is 16.3. The lowest BCUT2D eigenvalue weighted by atomic mass is 10.1. The van der Waals surface area contributed by atoms with E-state index in [0.29, 0.717) is 6.04 Å². The van der Waals surface area contributed by atoms with E-state index in [1.807, 2.05) is 20.2 Å². The highest BCUT2D eigenvalue weighted by molar-refractivity contribution is 5.79. The van der Waals surface area contributed by atoms with Crippen molar-refractivity contribution >= 4 is 5.96 Å². The second-order valence-corrected chi connectivity index (χ2v) is 7.03. The van der Waals surface area contributed by atoms with Crippen LogP contribution in [0.1, 0.15) is 30.0 Å². The zero-order chi connectivity index (χ0) is 19.1. The van der Waals surface area contributed by atoms with E-state index in [4.69, 9.17) is 4.74 Å². The van der Waals surface area contributed by atoms with Gasteiger partial charge in [0.1, 0.15) is 5.75 Å². The number of aryl methyl sites for hydroxylation is 1. The zero-order valence-electron chi connectivity index (χ0n) is 16.6. The summed E-state index contributed by atoms with van der Waals surface area (Å²) in [6, 6.07) is 10.8. The molecule has 1 aromatic heterocycles. The van der Waals surface area contributed by atoms with E-state index in [1.54, 1.807) is 7.11 Å². The Morgan fingerprint density at radius 3 is 2.70 bits per heavy atom. The van der Waals surface area contributed by atoms with Crippen LogP contribution in [-0.4, -0.2) is 49.2 Å². The third-order valence-corrected chi connectivity index (χ3v) is 5.10. The summed E-state index contributed by atoms with van der Waals surface area (Å²) < 4.78 is 7.48. The van der Waals surface area contributed by atoms with Crippen molar-refractivity contribution in [3.63, 3.8) is 0 Å².